The van der Waals surface area contributed by atoms with Gasteiger partial charge in [-0.25, -0.2) is 4.79 Å². The molecule has 0 unspecified atom stereocenters. The van der Waals surface area contributed by atoms with Crippen molar-refractivity contribution in [3.8, 4) is 0 Å². The Kier molecular flexibility index (Phi) is 4.58. The molecular weight excluding hydrogens is 363 g/mol. The first-order valence-electron chi connectivity index (χ1n) is 8.19. The molecule has 27 heavy (non-hydrogen) atoms. The smallest absolute Gasteiger partial charge is 0.337 e. The molecule has 0 saturated heterocycles. The number of nitrogens with one attached hydrogen (secondary N) is 1. The Hall–Kier alpha value is -3.04. The molecule has 10 heteroatoms. The summed E-state index contributed by atoms with van der Waals surface area (Å²) in [6.07, 6.45) is -3.35. The lowest BCUT2D eigenvalue weighted by Gasteiger charge is -2.17. The van der Waals surface area contributed by atoms with Crippen molar-refractivity contribution in [1.29, 1.82) is 0 Å². The van der Waals surface area contributed by atoms with Crippen LogP contribution in [-0.4, -0.2) is 37.2 Å². The molecule has 0 aliphatic carbocycles. The molecular formula is C17H18F3N5O2. The summed E-state index contributed by atoms with van der Waals surface area (Å²) >= 11 is 0. The van der Waals surface area contributed by atoms with Gasteiger partial charge < -0.3 is 9.88 Å². The zero-order valence-electron chi connectivity index (χ0n) is 15.0. The minimum Gasteiger partial charge on any atom is -0.337 e. The van der Waals surface area contributed by atoms with Crippen molar-refractivity contribution in [2.45, 2.75) is 26.2 Å². The number of alkyl halides is 3. The quantitative estimate of drug-likeness (QED) is 0.754. The number of rotatable bonds is 4. The predicted molar refractivity (Wildman–Crippen MR) is 92.2 cm³/mol. The van der Waals surface area contributed by atoms with E-state index in [1.54, 1.807) is 12.1 Å². The molecule has 0 fully saturated rings. The second-order valence-corrected chi connectivity index (χ2v) is 6.24. The van der Waals surface area contributed by atoms with Gasteiger partial charge in [0.15, 0.2) is 5.69 Å². The molecule has 1 aromatic carbocycles. The number of carbonyl (C=O) groups excluding carboxylic acids is 1. The highest BCUT2D eigenvalue weighted by Gasteiger charge is 2.37. The zero-order valence-corrected chi connectivity index (χ0v) is 15.0. The summed E-state index contributed by atoms with van der Waals surface area (Å²) in [5.41, 5.74) is 0.0475. The molecule has 0 aliphatic rings. The van der Waals surface area contributed by atoms with Crippen molar-refractivity contribution in [2.24, 2.45) is 7.05 Å². The van der Waals surface area contributed by atoms with Crippen molar-refractivity contribution in [1.82, 2.24) is 24.2 Å². The largest absolute Gasteiger partial charge is 0.435 e. The molecule has 0 bridgehead atoms. The molecule has 0 aliphatic heterocycles. The first-order valence-corrected chi connectivity index (χ1v) is 8.19. The van der Waals surface area contributed by atoms with Crippen molar-refractivity contribution in [3.05, 3.63) is 51.7 Å². The molecule has 0 atom stereocenters. The summed E-state index contributed by atoms with van der Waals surface area (Å²) in [5.74, 6) is -0.459. The highest BCUT2D eigenvalue weighted by Crippen LogP contribution is 2.31. The summed E-state index contributed by atoms with van der Waals surface area (Å²) in [7, 11) is 2.81. The van der Waals surface area contributed by atoms with Crippen LogP contribution in [0.4, 0.5) is 13.2 Å². The average molecular weight is 381 g/mol. The number of amides is 1. The minimum absolute atomic E-state index is 0.0903. The van der Waals surface area contributed by atoms with Gasteiger partial charge in [0.05, 0.1) is 11.0 Å². The van der Waals surface area contributed by atoms with Crippen LogP contribution in [0, 0.1) is 0 Å². The first kappa shape index (κ1) is 18.7. The Labute approximate surface area is 152 Å². The topological polar surface area (TPSA) is 75.9 Å². The van der Waals surface area contributed by atoms with Crippen LogP contribution in [0.3, 0.4) is 0 Å². The zero-order chi connectivity index (χ0) is 19.9. The van der Waals surface area contributed by atoms with Gasteiger partial charge in [0.25, 0.3) is 5.91 Å². The number of hydrogen-bond acceptors (Lipinski definition) is 3. The van der Waals surface area contributed by atoms with Gasteiger partial charge >= 0.3 is 11.9 Å². The normalized spacial score (nSPS) is 11.9. The fourth-order valence-electron chi connectivity index (χ4n) is 3.05. The van der Waals surface area contributed by atoms with E-state index < -0.39 is 17.8 Å². The third-order valence-corrected chi connectivity index (χ3v) is 4.26. The second kappa shape index (κ2) is 6.60. The lowest BCUT2D eigenvalue weighted by molar-refractivity contribution is -0.142. The van der Waals surface area contributed by atoms with Crippen molar-refractivity contribution >= 4 is 16.9 Å². The first-order chi connectivity index (χ1) is 12.6. The number of carbonyl (C=O) groups is 1. The van der Waals surface area contributed by atoms with Crippen LogP contribution in [0.1, 0.15) is 28.5 Å². The molecule has 1 N–H and O–H groups in total. The molecule has 0 radical (unpaired) electrons. The van der Waals surface area contributed by atoms with Crippen LogP contribution in [0.15, 0.2) is 29.2 Å². The molecule has 0 saturated carbocycles. The Balaban J connectivity index is 1.88. The Morgan fingerprint density at radius 2 is 2.04 bits per heavy atom. The summed E-state index contributed by atoms with van der Waals surface area (Å²) in [4.78, 5) is 28.3. The van der Waals surface area contributed by atoms with Crippen LogP contribution in [0.5, 0.6) is 0 Å². The van der Waals surface area contributed by atoms with E-state index in [1.165, 1.54) is 35.8 Å². The maximum Gasteiger partial charge on any atom is 0.435 e. The van der Waals surface area contributed by atoms with E-state index in [9.17, 15) is 22.8 Å². The van der Waals surface area contributed by atoms with Gasteiger partial charge in [0.1, 0.15) is 0 Å². The number of nitrogens with zero attached hydrogens (tertiary/aromatic N) is 4. The summed E-state index contributed by atoms with van der Waals surface area (Å²) < 4.78 is 41.8. The Morgan fingerprint density at radius 3 is 2.67 bits per heavy atom. The minimum atomic E-state index is -4.60. The SMILES string of the molecule is CCn1c(=O)[nH]c2cc(C(=O)N(C)Cc3cn(C)nc3C(F)(F)F)ccc21. The van der Waals surface area contributed by atoms with Crippen LogP contribution in [0.25, 0.3) is 11.0 Å². The molecule has 3 rings (SSSR count). The van der Waals surface area contributed by atoms with Crippen LogP contribution >= 0.6 is 0 Å². The molecule has 0 spiro atoms. The number of aromatic amines is 1. The monoisotopic (exact) mass is 381 g/mol. The Morgan fingerprint density at radius 1 is 1.33 bits per heavy atom. The van der Waals surface area contributed by atoms with Crippen molar-refractivity contribution in [3.63, 3.8) is 0 Å². The fraction of sp³-hybridized carbons (Fsp3) is 0.353. The standard InChI is InChI=1S/C17H18F3N5O2/c1-4-25-13-6-5-10(7-12(13)21-16(25)27)15(26)23(2)8-11-9-24(3)22-14(11)17(18,19)20/h5-7,9H,4,8H2,1-3H3,(H,21,27). The molecule has 7 nitrogen and oxygen atoms in total. The molecule has 3 aromatic rings. The van der Waals surface area contributed by atoms with Gasteiger partial charge in [-0.1, -0.05) is 0 Å². The molecule has 1 amide bonds. The highest BCUT2D eigenvalue weighted by atomic mass is 19.4. The van der Waals surface area contributed by atoms with Crippen molar-refractivity contribution in [2.75, 3.05) is 7.05 Å². The van der Waals surface area contributed by atoms with Crippen LogP contribution in [0.2, 0.25) is 0 Å². The third kappa shape index (κ3) is 3.46. The number of aryl methyl sites for hydroxylation is 2. The fourth-order valence-corrected chi connectivity index (χ4v) is 3.05. The predicted octanol–water partition coefficient (Wildman–Crippen LogP) is 2.37. The average Bonchev–Trinajstić information content (AvgIpc) is 3.11. The lowest BCUT2D eigenvalue weighted by atomic mass is 10.1. The number of aromatic nitrogens is 4. The van der Waals surface area contributed by atoms with Gasteiger partial charge in [-0.3, -0.25) is 14.0 Å². The number of imidazole rings is 1. The van der Waals surface area contributed by atoms with E-state index in [2.05, 4.69) is 10.1 Å². The van der Waals surface area contributed by atoms with E-state index >= 15 is 0 Å². The maximum atomic E-state index is 13.1. The van der Waals surface area contributed by atoms with Gasteiger partial charge in [-0.2, -0.15) is 18.3 Å². The number of hydrogen-bond donors (Lipinski definition) is 1. The summed E-state index contributed by atoms with van der Waals surface area (Å²) in [6, 6.07) is 4.72. The van der Waals surface area contributed by atoms with E-state index in [0.717, 1.165) is 4.68 Å². The highest BCUT2D eigenvalue weighted by molar-refractivity contribution is 5.97. The number of benzene rings is 1. The molecule has 2 heterocycles. The van der Waals surface area contributed by atoms with E-state index in [-0.39, 0.29) is 23.4 Å². The van der Waals surface area contributed by atoms with Gasteiger partial charge in [0, 0.05) is 44.5 Å². The maximum absolute atomic E-state index is 13.1. The van der Waals surface area contributed by atoms with Crippen molar-refractivity contribution < 1.29 is 18.0 Å². The second-order valence-electron chi connectivity index (χ2n) is 6.24. The van der Waals surface area contributed by atoms with Gasteiger partial charge in [-0.05, 0) is 25.1 Å². The van der Waals surface area contributed by atoms with E-state index in [1.807, 2.05) is 6.92 Å². The molecule has 144 valence electrons. The van der Waals surface area contributed by atoms with Crippen LogP contribution in [-0.2, 0) is 26.3 Å². The van der Waals surface area contributed by atoms with Gasteiger partial charge in [0.2, 0.25) is 0 Å². The van der Waals surface area contributed by atoms with Crippen LogP contribution < -0.4 is 5.69 Å². The van der Waals surface area contributed by atoms with E-state index in [0.29, 0.717) is 17.6 Å². The number of fused-ring (bicyclic) bond motifs is 1. The summed E-state index contributed by atoms with van der Waals surface area (Å²) in [6.45, 7) is 2.06. The van der Waals surface area contributed by atoms with E-state index in [4.69, 9.17) is 0 Å². The van der Waals surface area contributed by atoms with Gasteiger partial charge in [-0.15, -0.1) is 0 Å². The molecule has 2 aromatic heterocycles. The lowest BCUT2D eigenvalue weighted by Crippen LogP contribution is -2.27. The number of halogens is 3. The third-order valence-electron chi connectivity index (χ3n) is 4.26. The Bertz CT molecular complexity index is 1060. The summed E-state index contributed by atoms with van der Waals surface area (Å²) in [5, 5.41) is 3.44. The number of H-pyrrole nitrogens is 1.